The number of piperidine rings is 1. The molecule has 11 heteroatoms. The largest absolute Gasteiger partial charge is 0.416 e. The van der Waals surface area contributed by atoms with E-state index in [4.69, 9.17) is 0 Å². The van der Waals surface area contributed by atoms with E-state index < -0.39 is 11.7 Å². The molecule has 4 rings (SSSR count). The maximum Gasteiger partial charge on any atom is 0.416 e. The predicted octanol–water partition coefficient (Wildman–Crippen LogP) is 2.88. The Hall–Kier alpha value is -3.21. The summed E-state index contributed by atoms with van der Waals surface area (Å²) >= 11 is 0. The number of rotatable bonds is 5. The highest BCUT2D eigenvalue weighted by atomic mass is 19.4. The number of carbonyl (C=O) groups is 2. The number of nitrogens with one attached hydrogen (secondary N) is 1. The van der Waals surface area contributed by atoms with E-state index >= 15 is 0 Å². The number of hydrogen-bond donors (Lipinski definition) is 1. The lowest BCUT2D eigenvalue weighted by Gasteiger charge is -2.34. The van der Waals surface area contributed by atoms with Crippen LogP contribution in [0.1, 0.15) is 35.3 Å². The fourth-order valence-corrected chi connectivity index (χ4v) is 4.30. The minimum absolute atomic E-state index is 0.0306. The second-order valence-corrected chi connectivity index (χ2v) is 8.48. The van der Waals surface area contributed by atoms with Crippen LogP contribution < -0.4 is 10.2 Å². The van der Waals surface area contributed by atoms with Gasteiger partial charge in [0.2, 0.25) is 5.91 Å². The van der Waals surface area contributed by atoms with E-state index in [1.165, 1.54) is 24.7 Å². The zero-order valence-corrected chi connectivity index (χ0v) is 18.7. The number of hydrogen-bond acceptors (Lipinski definition) is 6. The number of aromatic nitrogens is 2. The molecule has 8 nitrogen and oxygen atoms in total. The summed E-state index contributed by atoms with van der Waals surface area (Å²) in [7, 11) is 0. The standard InChI is InChI=1S/C23H27F3N6O2/c24-23(25,26)17-4-5-20(31-8-2-1-3-9-31)18(14-17)29-21(33)16-30-10-12-32(13-11-30)22(34)19-15-27-6-7-28-19/h4-7,14-15H,1-3,8-13,16H2,(H,29,33). The van der Waals surface area contributed by atoms with Crippen molar-refractivity contribution in [2.75, 3.05) is 56.0 Å². The van der Waals surface area contributed by atoms with E-state index in [0.29, 0.717) is 31.9 Å². The van der Waals surface area contributed by atoms with Gasteiger partial charge in [0, 0.05) is 51.7 Å². The fourth-order valence-electron chi connectivity index (χ4n) is 4.30. The minimum Gasteiger partial charge on any atom is -0.370 e. The third-order valence-electron chi connectivity index (χ3n) is 6.10. The van der Waals surface area contributed by atoms with Crippen molar-refractivity contribution in [2.24, 2.45) is 0 Å². The summed E-state index contributed by atoms with van der Waals surface area (Å²) in [6.45, 7) is 3.31. The van der Waals surface area contributed by atoms with E-state index in [9.17, 15) is 22.8 Å². The number of alkyl halides is 3. The SMILES string of the molecule is O=C(CN1CCN(C(=O)c2cnccn2)CC1)Nc1cc(C(F)(F)F)ccc1N1CCCCC1. The number of benzene rings is 1. The Kier molecular flexibility index (Phi) is 7.30. The molecule has 2 aliphatic heterocycles. The van der Waals surface area contributed by atoms with Crippen molar-refractivity contribution in [3.05, 3.63) is 48.0 Å². The van der Waals surface area contributed by atoms with Crippen LogP contribution in [0.2, 0.25) is 0 Å². The summed E-state index contributed by atoms with van der Waals surface area (Å²) in [6.07, 6.45) is 2.89. The van der Waals surface area contributed by atoms with Gasteiger partial charge in [0.1, 0.15) is 5.69 Å². The Labute approximate surface area is 195 Å². The van der Waals surface area contributed by atoms with Crippen molar-refractivity contribution in [2.45, 2.75) is 25.4 Å². The summed E-state index contributed by atoms with van der Waals surface area (Å²) in [6, 6.07) is 3.52. The molecule has 0 aliphatic carbocycles. The Balaban J connectivity index is 1.38. The van der Waals surface area contributed by atoms with Crippen LogP contribution in [-0.2, 0) is 11.0 Å². The average molecular weight is 477 g/mol. The normalized spacial score (nSPS) is 17.5. The van der Waals surface area contributed by atoms with Crippen LogP contribution in [0.4, 0.5) is 24.5 Å². The van der Waals surface area contributed by atoms with Gasteiger partial charge >= 0.3 is 6.18 Å². The van der Waals surface area contributed by atoms with Gasteiger partial charge in [-0.25, -0.2) is 4.98 Å². The molecule has 0 spiro atoms. The predicted molar refractivity (Wildman–Crippen MR) is 121 cm³/mol. The van der Waals surface area contributed by atoms with Crippen LogP contribution in [0.5, 0.6) is 0 Å². The third kappa shape index (κ3) is 5.82. The van der Waals surface area contributed by atoms with Gasteiger partial charge in [-0.1, -0.05) is 0 Å². The van der Waals surface area contributed by atoms with Crippen LogP contribution >= 0.6 is 0 Å². The number of carbonyl (C=O) groups excluding carboxylic acids is 2. The number of piperazine rings is 1. The van der Waals surface area contributed by atoms with Gasteiger partial charge in [-0.3, -0.25) is 19.5 Å². The maximum atomic E-state index is 13.3. The number of nitrogens with zero attached hydrogens (tertiary/aromatic N) is 5. The second-order valence-electron chi connectivity index (χ2n) is 8.48. The van der Waals surface area contributed by atoms with Gasteiger partial charge in [0.05, 0.1) is 29.7 Å². The highest BCUT2D eigenvalue weighted by Gasteiger charge is 2.32. The molecular formula is C23H27F3N6O2. The van der Waals surface area contributed by atoms with E-state index in [1.54, 1.807) is 4.90 Å². The molecule has 0 bridgehead atoms. The van der Waals surface area contributed by atoms with Gasteiger partial charge in [-0.15, -0.1) is 0 Å². The first kappa shape index (κ1) is 23.9. The van der Waals surface area contributed by atoms with Crippen LogP contribution in [0.3, 0.4) is 0 Å². The lowest BCUT2D eigenvalue weighted by Crippen LogP contribution is -2.50. The molecule has 1 aromatic heterocycles. The number of amides is 2. The zero-order chi connectivity index (χ0) is 24.1. The summed E-state index contributed by atoms with van der Waals surface area (Å²) in [5.74, 6) is -0.598. The van der Waals surface area contributed by atoms with Crippen molar-refractivity contribution in [3.8, 4) is 0 Å². The van der Waals surface area contributed by atoms with E-state index in [0.717, 1.165) is 44.5 Å². The maximum absolute atomic E-state index is 13.3. The number of halogens is 3. The molecular weight excluding hydrogens is 449 g/mol. The first-order chi connectivity index (χ1) is 16.3. The summed E-state index contributed by atoms with van der Waals surface area (Å²) in [5.41, 5.74) is 0.266. The molecule has 1 N–H and O–H groups in total. The Morgan fingerprint density at radius 2 is 1.71 bits per heavy atom. The van der Waals surface area contributed by atoms with Gasteiger partial charge in [-0.2, -0.15) is 13.2 Å². The Bertz CT molecular complexity index is 1000. The highest BCUT2D eigenvalue weighted by Crippen LogP contribution is 2.36. The molecule has 0 saturated carbocycles. The number of anilines is 2. The van der Waals surface area contributed by atoms with Crippen molar-refractivity contribution < 1.29 is 22.8 Å². The monoisotopic (exact) mass is 476 g/mol. The van der Waals surface area contributed by atoms with Crippen LogP contribution in [0.25, 0.3) is 0 Å². The Morgan fingerprint density at radius 3 is 2.35 bits per heavy atom. The first-order valence-corrected chi connectivity index (χ1v) is 11.3. The summed E-state index contributed by atoms with van der Waals surface area (Å²) in [5, 5.41) is 2.71. The third-order valence-corrected chi connectivity index (χ3v) is 6.10. The minimum atomic E-state index is -4.49. The molecule has 2 aromatic rings. The van der Waals surface area contributed by atoms with Gasteiger partial charge in [0.25, 0.3) is 5.91 Å². The van der Waals surface area contributed by atoms with E-state index in [-0.39, 0.29) is 29.7 Å². The molecule has 0 atom stereocenters. The average Bonchev–Trinajstić information content (AvgIpc) is 2.84. The lowest BCUT2D eigenvalue weighted by molar-refractivity contribution is -0.137. The molecule has 3 heterocycles. The molecule has 2 saturated heterocycles. The summed E-state index contributed by atoms with van der Waals surface area (Å²) < 4.78 is 39.9. The first-order valence-electron chi connectivity index (χ1n) is 11.3. The van der Waals surface area contributed by atoms with Crippen molar-refractivity contribution >= 4 is 23.2 Å². The molecule has 34 heavy (non-hydrogen) atoms. The Morgan fingerprint density at radius 1 is 0.971 bits per heavy atom. The fraction of sp³-hybridized carbons (Fsp3) is 0.478. The molecule has 2 amide bonds. The molecule has 182 valence electrons. The van der Waals surface area contributed by atoms with Gasteiger partial charge < -0.3 is 15.1 Å². The van der Waals surface area contributed by atoms with Crippen molar-refractivity contribution in [3.63, 3.8) is 0 Å². The van der Waals surface area contributed by atoms with Crippen LogP contribution in [0.15, 0.2) is 36.8 Å². The van der Waals surface area contributed by atoms with Gasteiger partial charge in [-0.05, 0) is 37.5 Å². The van der Waals surface area contributed by atoms with Crippen molar-refractivity contribution in [1.82, 2.24) is 19.8 Å². The quantitative estimate of drug-likeness (QED) is 0.715. The highest BCUT2D eigenvalue weighted by molar-refractivity contribution is 5.96. The van der Waals surface area contributed by atoms with Crippen LogP contribution in [0, 0.1) is 0 Å². The smallest absolute Gasteiger partial charge is 0.370 e. The zero-order valence-electron chi connectivity index (χ0n) is 18.7. The topological polar surface area (TPSA) is 81.7 Å². The van der Waals surface area contributed by atoms with Crippen molar-refractivity contribution in [1.29, 1.82) is 0 Å². The summed E-state index contributed by atoms with van der Waals surface area (Å²) in [4.78, 5) is 38.8. The molecule has 1 aromatic carbocycles. The van der Waals surface area contributed by atoms with Gasteiger partial charge in [0.15, 0.2) is 0 Å². The second kappa shape index (κ2) is 10.4. The van der Waals surface area contributed by atoms with E-state index in [1.807, 2.05) is 9.80 Å². The molecule has 2 fully saturated rings. The molecule has 0 unspecified atom stereocenters. The molecule has 2 aliphatic rings. The lowest BCUT2D eigenvalue weighted by atomic mass is 10.1. The van der Waals surface area contributed by atoms with Crippen LogP contribution in [-0.4, -0.2) is 77.4 Å². The van der Waals surface area contributed by atoms with E-state index in [2.05, 4.69) is 15.3 Å². The molecule has 0 radical (unpaired) electrons.